The molecule has 2 atom stereocenters. The number of nitrogens with zero attached hydrogens (tertiary/aromatic N) is 1. The van der Waals surface area contributed by atoms with Gasteiger partial charge >= 0.3 is 11.9 Å². The molecule has 23 heavy (non-hydrogen) atoms. The van der Waals surface area contributed by atoms with Gasteiger partial charge < -0.3 is 14.3 Å². The van der Waals surface area contributed by atoms with Gasteiger partial charge in [0.05, 0.1) is 27.6 Å². The van der Waals surface area contributed by atoms with Crippen molar-refractivity contribution in [3.8, 4) is 0 Å². The highest BCUT2D eigenvalue weighted by Gasteiger charge is 2.44. The molecule has 0 spiro atoms. The Morgan fingerprint density at radius 2 is 1.61 bits per heavy atom. The minimum absolute atomic E-state index is 0.118. The van der Waals surface area contributed by atoms with Crippen LogP contribution in [-0.4, -0.2) is 54.3 Å². The number of esters is 1. The molecule has 0 aliphatic rings. The lowest BCUT2D eigenvalue weighted by Gasteiger charge is -2.42. The molecule has 2 unspecified atom stereocenters. The number of hydrogen-bond donors (Lipinski definition) is 1. The van der Waals surface area contributed by atoms with E-state index in [1.54, 1.807) is 6.92 Å². The lowest BCUT2D eigenvalue weighted by atomic mass is 9.91. The maximum Gasteiger partial charge on any atom is 0.307 e. The van der Waals surface area contributed by atoms with Gasteiger partial charge in [0.15, 0.2) is 5.60 Å². The number of carbonyl (C=O) groups is 2. The highest BCUT2D eigenvalue weighted by molar-refractivity contribution is 5.72. The van der Waals surface area contributed by atoms with Crippen LogP contribution in [0.2, 0.25) is 0 Å². The van der Waals surface area contributed by atoms with E-state index in [-0.39, 0.29) is 18.4 Å². The summed E-state index contributed by atoms with van der Waals surface area (Å²) in [4.78, 5) is 23.3. The average Bonchev–Trinajstić information content (AvgIpc) is 2.39. The quantitative estimate of drug-likeness (QED) is 0.337. The molecule has 0 rings (SSSR count). The Hall–Kier alpha value is -1.10. The average molecular weight is 330 g/mol. The van der Waals surface area contributed by atoms with Crippen molar-refractivity contribution in [3.63, 3.8) is 0 Å². The molecule has 0 aliphatic carbocycles. The first-order valence-corrected chi connectivity index (χ1v) is 8.77. The van der Waals surface area contributed by atoms with Gasteiger partial charge in [0.25, 0.3) is 0 Å². The van der Waals surface area contributed by atoms with E-state index in [0.29, 0.717) is 10.9 Å². The third-order valence-electron chi connectivity index (χ3n) is 4.63. The number of carboxylic acid groups (broad SMARTS) is 1. The van der Waals surface area contributed by atoms with Gasteiger partial charge in [-0.25, -0.2) is 0 Å². The van der Waals surface area contributed by atoms with Crippen LogP contribution in [0.25, 0.3) is 0 Å². The first kappa shape index (κ1) is 21.9. The Labute approximate surface area is 141 Å². The summed E-state index contributed by atoms with van der Waals surface area (Å²) in [7, 11) is 5.94. The van der Waals surface area contributed by atoms with E-state index in [0.717, 1.165) is 19.3 Å². The molecular weight excluding hydrogens is 294 g/mol. The molecule has 0 aliphatic heterocycles. The fourth-order valence-corrected chi connectivity index (χ4v) is 2.75. The number of hydrogen-bond acceptors (Lipinski definition) is 3. The summed E-state index contributed by atoms with van der Waals surface area (Å²) in [6, 6.07) is -0.118. The fourth-order valence-electron chi connectivity index (χ4n) is 2.75. The molecule has 0 bridgehead atoms. The summed E-state index contributed by atoms with van der Waals surface area (Å²) in [6.45, 7) is 5.84. The highest BCUT2D eigenvalue weighted by atomic mass is 16.6. The number of carbonyl (C=O) groups excluding carboxylic acids is 1. The van der Waals surface area contributed by atoms with Crippen molar-refractivity contribution in [2.75, 3.05) is 21.1 Å². The van der Waals surface area contributed by atoms with Crippen LogP contribution < -0.4 is 0 Å². The van der Waals surface area contributed by atoms with Crippen molar-refractivity contribution in [1.82, 2.24) is 0 Å². The van der Waals surface area contributed by atoms with Gasteiger partial charge in [-0.2, -0.15) is 0 Å². The Kier molecular flexibility index (Phi) is 9.44. The molecule has 0 heterocycles. The standard InChI is InChI=1S/C18H35NO4/c1-7-8-9-10-11-12-13-17(22)23-18(3,14-16(20)21)15(2)19(4,5)6/h15H,7-14H2,1-6H3/p+1. The molecule has 136 valence electrons. The summed E-state index contributed by atoms with van der Waals surface area (Å²) < 4.78 is 6.17. The summed E-state index contributed by atoms with van der Waals surface area (Å²) in [5.74, 6) is -1.23. The minimum atomic E-state index is -0.997. The molecular formula is C18H36NO4+. The van der Waals surface area contributed by atoms with Crippen molar-refractivity contribution >= 4 is 11.9 Å². The third-order valence-corrected chi connectivity index (χ3v) is 4.63. The Bertz CT molecular complexity index is 376. The zero-order valence-electron chi connectivity index (χ0n) is 15.9. The van der Waals surface area contributed by atoms with E-state index in [4.69, 9.17) is 4.74 Å². The van der Waals surface area contributed by atoms with Gasteiger partial charge in [-0.05, 0) is 20.3 Å². The Balaban J connectivity index is 4.54. The summed E-state index contributed by atoms with van der Waals surface area (Å²) >= 11 is 0. The van der Waals surface area contributed by atoms with Crippen LogP contribution in [0, 0.1) is 0 Å². The van der Waals surface area contributed by atoms with Crippen molar-refractivity contribution < 1.29 is 23.9 Å². The molecule has 0 radical (unpaired) electrons. The monoisotopic (exact) mass is 330 g/mol. The van der Waals surface area contributed by atoms with Gasteiger partial charge in [0.2, 0.25) is 0 Å². The molecule has 1 N–H and O–H groups in total. The highest BCUT2D eigenvalue weighted by Crippen LogP contribution is 2.27. The lowest BCUT2D eigenvalue weighted by Crippen LogP contribution is -2.58. The summed E-state index contributed by atoms with van der Waals surface area (Å²) in [5.41, 5.74) is -0.997. The van der Waals surface area contributed by atoms with Gasteiger partial charge in [-0.1, -0.05) is 39.0 Å². The van der Waals surface area contributed by atoms with Crippen LogP contribution in [0.5, 0.6) is 0 Å². The summed E-state index contributed by atoms with van der Waals surface area (Å²) in [5, 5.41) is 9.17. The fraction of sp³-hybridized carbons (Fsp3) is 0.889. The van der Waals surface area contributed by atoms with Crippen LogP contribution in [0.15, 0.2) is 0 Å². The second-order valence-corrected chi connectivity index (χ2v) is 7.67. The maximum absolute atomic E-state index is 12.1. The van der Waals surface area contributed by atoms with Crippen molar-refractivity contribution in [1.29, 1.82) is 0 Å². The SMILES string of the molecule is CCCCCCCCC(=O)OC(C)(CC(=O)O)C(C)[N+](C)(C)C. The normalized spacial score (nSPS) is 15.7. The largest absolute Gasteiger partial charge is 0.481 e. The van der Waals surface area contributed by atoms with Crippen molar-refractivity contribution in [3.05, 3.63) is 0 Å². The second kappa shape index (κ2) is 9.91. The van der Waals surface area contributed by atoms with Crippen molar-refractivity contribution in [2.45, 2.75) is 83.8 Å². The van der Waals surface area contributed by atoms with Crippen LogP contribution >= 0.6 is 0 Å². The van der Waals surface area contributed by atoms with Crippen LogP contribution in [0.1, 0.15) is 72.1 Å². The van der Waals surface area contributed by atoms with E-state index in [1.807, 2.05) is 28.1 Å². The predicted molar refractivity (Wildman–Crippen MR) is 92.2 cm³/mol. The molecule has 0 aromatic heterocycles. The van der Waals surface area contributed by atoms with E-state index >= 15 is 0 Å². The van der Waals surface area contributed by atoms with Crippen LogP contribution in [0.4, 0.5) is 0 Å². The maximum atomic E-state index is 12.1. The number of likely N-dealkylation sites (N-methyl/N-ethyl adjacent to an activating group) is 1. The molecule has 0 aromatic rings. The van der Waals surface area contributed by atoms with E-state index in [1.165, 1.54) is 19.3 Å². The first-order chi connectivity index (χ1) is 10.5. The van der Waals surface area contributed by atoms with Crippen LogP contribution in [0.3, 0.4) is 0 Å². The number of ether oxygens (including phenoxy) is 1. The molecule has 0 fully saturated rings. The number of aliphatic carboxylic acids is 1. The topological polar surface area (TPSA) is 63.6 Å². The number of unbranched alkanes of at least 4 members (excludes halogenated alkanes) is 5. The smallest absolute Gasteiger partial charge is 0.307 e. The molecule has 0 saturated carbocycles. The number of quaternary nitrogens is 1. The molecule has 5 nitrogen and oxygen atoms in total. The Morgan fingerprint density at radius 1 is 1.09 bits per heavy atom. The van der Waals surface area contributed by atoms with Crippen molar-refractivity contribution in [2.24, 2.45) is 0 Å². The van der Waals surface area contributed by atoms with E-state index in [2.05, 4.69) is 6.92 Å². The summed E-state index contributed by atoms with van der Waals surface area (Å²) in [6.07, 6.45) is 6.82. The van der Waals surface area contributed by atoms with Gasteiger partial charge in [-0.3, -0.25) is 9.59 Å². The van der Waals surface area contributed by atoms with Gasteiger partial charge in [0.1, 0.15) is 6.04 Å². The molecule has 0 aromatic carbocycles. The lowest BCUT2D eigenvalue weighted by molar-refractivity contribution is -0.901. The predicted octanol–water partition coefficient (Wildman–Crippen LogP) is 3.61. The van der Waals surface area contributed by atoms with Crippen LogP contribution in [-0.2, 0) is 14.3 Å². The number of rotatable bonds is 12. The Morgan fingerprint density at radius 3 is 2.09 bits per heavy atom. The van der Waals surface area contributed by atoms with Gasteiger partial charge in [0, 0.05) is 6.42 Å². The van der Waals surface area contributed by atoms with Gasteiger partial charge in [-0.15, -0.1) is 0 Å². The molecule has 0 amide bonds. The molecule has 5 heteroatoms. The second-order valence-electron chi connectivity index (χ2n) is 7.67. The third kappa shape index (κ3) is 8.94. The zero-order valence-corrected chi connectivity index (χ0v) is 15.9. The zero-order chi connectivity index (χ0) is 18.1. The van der Waals surface area contributed by atoms with E-state index < -0.39 is 11.6 Å². The first-order valence-electron chi connectivity index (χ1n) is 8.77. The van der Waals surface area contributed by atoms with E-state index in [9.17, 15) is 14.7 Å². The minimum Gasteiger partial charge on any atom is -0.481 e. The number of carboxylic acids is 1. The molecule has 0 saturated heterocycles.